The van der Waals surface area contributed by atoms with E-state index in [1.54, 1.807) is 11.9 Å². The van der Waals surface area contributed by atoms with Gasteiger partial charge < -0.3 is 14.9 Å². The molecule has 62 valence electrons. The van der Waals surface area contributed by atoms with E-state index in [4.69, 9.17) is 10.5 Å². The maximum Gasteiger partial charge on any atom is 0.323 e. The van der Waals surface area contributed by atoms with E-state index >= 15 is 0 Å². The topological polar surface area (TPSA) is 67.6 Å². The molecule has 0 radical (unpaired) electrons. The number of hydrogen-bond donors (Lipinski definition) is 2. The Hall–Kier alpha value is -1.26. The number of nitrogens with zero attached hydrogens (tertiary/aromatic N) is 2. The maximum absolute atomic E-state index is 10.3. The number of nitrogens with one attached hydrogen (secondary N) is 1. The second-order valence-electron chi connectivity index (χ2n) is 2.56. The summed E-state index contributed by atoms with van der Waals surface area (Å²) in [4.78, 5) is 13.5. The minimum Gasteiger partial charge on any atom is -0.480 e. The number of carbonyl (C=O) groups is 1. The molecule has 0 amide bonds. The fraction of sp³-hybridized carbons (Fsp3) is 0.667. The largest absolute Gasteiger partial charge is 0.480 e. The molecule has 0 aromatic rings. The summed E-state index contributed by atoms with van der Waals surface area (Å²) in [6, 6.07) is 0. The second-order valence-corrected chi connectivity index (χ2v) is 2.56. The van der Waals surface area contributed by atoms with E-state index in [1.807, 2.05) is 0 Å². The van der Waals surface area contributed by atoms with E-state index < -0.39 is 5.97 Å². The SMILES string of the molecule is CN1CCN(CC(=O)O)C1=N. The molecule has 1 aliphatic heterocycles. The van der Waals surface area contributed by atoms with Gasteiger partial charge in [-0.05, 0) is 0 Å². The van der Waals surface area contributed by atoms with Crippen LogP contribution in [0.3, 0.4) is 0 Å². The minimum absolute atomic E-state index is 0.0663. The Balaban J connectivity index is 2.49. The molecule has 0 atom stereocenters. The molecule has 2 N–H and O–H groups in total. The molecule has 1 heterocycles. The van der Waals surface area contributed by atoms with Crippen LogP contribution in [0.25, 0.3) is 0 Å². The van der Waals surface area contributed by atoms with Crippen molar-refractivity contribution in [3.8, 4) is 0 Å². The van der Waals surface area contributed by atoms with E-state index in [0.717, 1.165) is 6.54 Å². The smallest absolute Gasteiger partial charge is 0.323 e. The molecule has 0 aromatic carbocycles. The molecule has 5 nitrogen and oxygen atoms in total. The van der Waals surface area contributed by atoms with E-state index in [-0.39, 0.29) is 6.54 Å². The Morgan fingerprint density at radius 1 is 1.73 bits per heavy atom. The Bertz CT molecular complexity index is 192. The summed E-state index contributed by atoms with van der Waals surface area (Å²) >= 11 is 0. The van der Waals surface area contributed by atoms with Crippen molar-refractivity contribution in [1.29, 1.82) is 5.41 Å². The highest BCUT2D eigenvalue weighted by Crippen LogP contribution is 2.02. The summed E-state index contributed by atoms with van der Waals surface area (Å²) in [6.45, 7) is 1.32. The van der Waals surface area contributed by atoms with Crippen molar-refractivity contribution in [2.24, 2.45) is 0 Å². The van der Waals surface area contributed by atoms with Crippen molar-refractivity contribution in [3.63, 3.8) is 0 Å². The number of rotatable bonds is 2. The molecular weight excluding hydrogens is 146 g/mol. The zero-order chi connectivity index (χ0) is 8.43. The zero-order valence-corrected chi connectivity index (χ0v) is 6.37. The predicted molar refractivity (Wildman–Crippen MR) is 39.6 cm³/mol. The van der Waals surface area contributed by atoms with E-state index in [2.05, 4.69) is 0 Å². The molecule has 1 saturated heterocycles. The van der Waals surface area contributed by atoms with Gasteiger partial charge in [0.25, 0.3) is 0 Å². The van der Waals surface area contributed by atoms with Crippen LogP contribution in [0.2, 0.25) is 0 Å². The van der Waals surface area contributed by atoms with E-state index in [0.29, 0.717) is 12.5 Å². The highest BCUT2D eigenvalue weighted by Gasteiger charge is 2.22. The lowest BCUT2D eigenvalue weighted by Gasteiger charge is -2.15. The first kappa shape index (κ1) is 7.84. The van der Waals surface area contributed by atoms with Crippen molar-refractivity contribution in [2.45, 2.75) is 0 Å². The van der Waals surface area contributed by atoms with Crippen molar-refractivity contribution < 1.29 is 9.90 Å². The van der Waals surface area contributed by atoms with Gasteiger partial charge in [0.1, 0.15) is 6.54 Å². The Morgan fingerprint density at radius 2 is 2.36 bits per heavy atom. The minimum atomic E-state index is -0.884. The van der Waals surface area contributed by atoms with Gasteiger partial charge in [0, 0.05) is 20.1 Å². The van der Waals surface area contributed by atoms with Gasteiger partial charge in [0.05, 0.1) is 0 Å². The van der Waals surface area contributed by atoms with Crippen LogP contribution in [-0.4, -0.2) is 53.5 Å². The van der Waals surface area contributed by atoms with Crippen molar-refractivity contribution in [3.05, 3.63) is 0 Å². The third-order valence-electron chi connectivity index (χ3n) is 1.69. The molecule has 0 saturated carbocycles. The van der Waals surface area contributed by atoms with Crippen LogP contribution < -0.4 is 0 Å². The van der Waals surface area contributed by atoms with Crippen LogP contribution in [0.1, 0.15) is 0 Å². The van der Waals surface area contributed by atoms with Gasteiger partial charge in [-0.15, -0.1) is 0 Å². The van der Waals surface area contributed by atoms with Crippen molar-refractivity contribution in [1.82, 2.24) is 9.80 Å². The molecule has 0 unspecified atom stereocenters. The quantitative estimate of drug-likeness (QED) is 0.553. The molecule has 0 aliphatic carbocycles. The summed E-state index contributed by atoms with van der Waals surface area (Å²) < 4.78 is 0. The number of aliphatic carboxylic acids is 1. The fourth-order valence-electron chi connectivity index (χ4n) is 1.04. The third kappa shape index (κ3) is 1.60. The highest BCUT2D eigenvalue weighted by atomic mass is 16.4. The van der Waals surface area contributed by atoms with Crippen LogP contribution in [-0.2, 0) is 4.79 Å². The van der Waals surface area contributed by atoms with Crippen molar-refractivity contribution in [2.75, 3.05) is 26.7 Å². The average molecular weight is 157 g/mol. The normalized spacial score (nSPS) is 17.7. The third-order valence-corrected chi connectivity index (χ3v) is 1.69. The monoisotopic (exact) mass is 157 g/mol. The lowest BCUT2D eigenvalue weighted by Crippen LogP contribution is -2.34. The van der Waals surface area contributed by atoms with E-state index in [9.17, 15) is 4.79 Å². The molecule has 0 spiro atoms. The summed E-state index contributed by atoms with van der Waals surface area (Å²) in [5.74, 6) is -0.586. The number of likely N-dealkylation sites (N-methyl/N-ethyl adjacent to an activating group) is 1. The maximum atomic E-state index is 10.3. The number of carboxylic acid groups (broad SMARTS) is 1. The number of carboxylic acids is 1. The lowest BCUT2D eigenvalue weighted by molar-refractivity contribution is -0.137. The molecule has 0 bridgehead atoms. The molecule has 1 fully saturated rings. The van der Waals surface area contributed by atoms with Gasteiger partial charge in [-0.2, -0.15) is 0 Å². The Labute approximate surface area is 64.7 Å². The molecule has 1 aliphatic rings. The van der Waals surface area contributed by atoms with Crippen molar-refractivity contribution >= 4 is 11.9 Å². The first-order chi connectivity index (χ1) is 5.11. The molecule has 5 heteroatoms. The average Bonchev–Trinajstić information content (AvgIpc) is 2.18. The van der Waals surface area contributed by atoms with Gasteiger partial charge in [-0.3, -0.25) is 10.2 Å². The first-order valence-corrected chi connectivity index (χ1v) is 3.37. The first-order valence-electron chi connectivity index (χ1n) is 3.37. The predicted octanol–water partition coefficient (Wildman–Crippen LogP) is -0.747. The standard InChI is InChI=1S/C6H11N3O2/c1-8-2-3-9(6(8)7)4-5(10)11/h7H,2-4H2,1H3,(H,10,11). The van der Waals surface area contributed by atoms with E-state index in [1.165, 1.54) is 4.90 Å². The molecule has 11 heavy (non-hydrogen) atoms. The Kier molecular flexibility index (Phi) is 1.98. The van der Waals surface area contributed by atoms with Crippen LogP contribution in [0, 0.1) is 5.41 Å². The van der Waals surface area contributed by atoms with Gasteiger partial charge in [0.15, 0.2) is 5.96 Å². The van der Waals surface area contributed by atoms with Gasteiger partial charge in [0.2, 0.25) is 0 Å². The second kappa shape index (κ2) is 2.77. The van der Waals surface area contributed by atoms with Gasteiger partial charge in [-0.25, -0.2) is 0 Å². The molecule has 0 aromatic heterocycles. The van der Waals surface area contributed by atoms with Crippen LogP contribution in [0.5, 0.6) is 0 Å². The highest BCUT2D eigenvalue weighted by molar-refractivity contribution is 5.83. The number of guanidine groups is 1. The van der Waals surface area contributed by atoms with Crippen LogP contribution in [0.15, 0.2) is 0 Å². The van der Waals surface area contributed by atoms with Gasteiger partial charge >= 0.3 is 5.97 Å². The summed E-state index contributed by atoms with van der Waals surface area (Å²) in [5.41, 5.74) is 0. The summed E-state index contributed by atoms with van der Waals surface area (Å²) in [7, 11) is 1.78. The zero-order valence-electron chi connectivity index (χ0n) is 6.37. The molecule has 1 rings (SSSR count). The van der Waals surface area contributed by atoms with Crippen LogP contribution >= 0.6 is 0 Å². The molecular formula is C6H11N3O2. The fourth-order valence-corrected chi connectivity index (χ4v) is 1.04. The lowest BCUT2D eigenvalue weighted by atomic mass is 10.5. The van der Waals surface area contributed by atoms with Gasteiger partial charge in [-0.1, -0.05) is 0 Å². The summed E-state index contributed by atoms with van der Waals surface area (Å²) in [5, 5.41) is 15.8. The van der Waals surface area contributed by atoms with Crippen LogP contribution in [0.4, 0.5) is 0 Å². The Morgan fingerprint density at radius 3 is 2.73 bits per heavy atom. The number of hydrogen-bond acceptors (Lipinski definition) is 2. The summed E-state index contributed by atoms with van der Waals surface area (Å²) in [6.07, 6.45) is 0.